The molecule has 6 nitrogen and oxygen atoms in total. The van der Waals surface area contributed by atoms with Crippen molar-refractivity contribution in [3.05, 3.63) is 65.1 Å². The molecule has 1 aromatic heterocycles. The molecule has 0 aliphatic carbocycles. The molecule has 1 aromatic carbocycles. The van der Waals surface area contributed by atoms with Crippen LogP contribution in [0, 0.1) is 0 Å². The lowest BCUT2D eigenvalue weighted by Gasteiger charge is -2.24. The van der Waals surface area contributed by atoms with Crippen LogP contribution >= 0.6 is 11.6 Å². The molecule has 0 saturated heterocycles. The molecule has 25 heavy (non-hydrogen) atoms. The van der Waals surface area contributed by atoms with E-state index >= 15 is 0 Å². The van der Waals surface area contributed by atoms with E-state index in [-0.39, 0.29) is 25.2 Å². The highest BCUT2D eigenvalue weighted by Gasteiger charge is 2.32. The van der Waals surface area contributed by atoms with E-state index in [0.717, 1.165) is 11.3 Å². The second-order valence-corrected chi connectivity index (χ2v) is 6.11. The minimum atomic E-state index is -0.912. The molecule has 130 valence electrons. The Balaban J connectivity index is 1.79. The van der Waals surface area contributed by atoms with Gasteiger partial charge in [0.05, 0.1) is 12.0 Å². The lowest BCUT2D eigenvalue weighted by molar-refractivity contribution is -0.137. The Labute approximate surface area is 149 Å². The number of halogens is 1. The van der Waals surface area contributed by atoms with E-state index in [9.17, 15) is 9.59 Å². The van der Waals surface area contributed by atoms with Crippen molar-refractivity contribution in [2.75, 3.05) is 0 Å². The van der Waals surface area contributed by atoms with Gasteiger partial charge in [-0.3, -0.25) is 15.0 Å². The smallest absolute Gasteiger partial charge is 0.303 e. The van der Waals surface area contributed by atoms with Crippen LogP contribution in [0.5, 0.6) is 0 Å². The molecule has 0 radical (unpaired) electrons. The van der Waals surface area contributed by atoms with Gasteiger partial charge in [-0.05, 0) is 42.3 Å². The van der Waals surface area contributed by atoms with Gasteiger partial charge in [0, 0.05) is 17.9 Å². The second-order valence-electron chi connectivity index (χ2n) is 5.67. The minimum absolute atomic E-state index is 0.0392. The Morgan fingerprint density at radius 1 is 1.20 bits per heavy atom. The quantitative estimate of drug-likeness (QED) is 0.822. The maximum absolute atomic E-state index is 12.5. The van der Waals surface area contributed by atoms with Crippen LogP contribution in [-0.4, -0.2) is 22.0 Å². The van der Waals surface area contributed by atoms with Crippen LogP contribution in [-0.2, 0) is 9.59 Å². The first-order valence-electron chi connectivity index (χ1n) is 7.86. The summed E-state index contributed by atoms with van der Waals surface area (Å²) in [5.41, 5.74) is 4.76. The lowest BCUT2D eigenvalue weighted by Crippen LogP contribution is -2.39. The average molecular weight is 361 g/mol. The first-order valence-corrected chi connectivity index (χ1v) is 8.24. The Bertz CT molecular complexity index is 784. The summed E-state index contributed by atoms with van der Waals surface area (Å²) in [7, 11) is 0. The van der Waals surface area contributed by atoms with Gasteiger partial charge < -0.3 is 9.52 Å². The number of hydrogen-bond donors (Lipinski definition) is 2. The van der Waals surface area contributed by atoms with Crippen LogP contribution in [0.4, 0.5) is 0 Å². The molecule has 1 aliphatic rings. The summed E-state index contributed by atoms with van der Waals surface area (Å²) in [5, 5.41) is 10.8. The normalized spacial score (nSPS) is 16.4. The molecular formula is C18H17ClN2O4. The van der Waals surface area contributed by atoms with Gasteiger partial charge in [-0.25, -0.2) is 5.01 Å². The van der Waals surface area contributed by atoms with E-state index in [1.807, 2.05) is 18.2 Å². The van der Waals surface area contributed by atoms with E-state index in [2.05, 4.69) is 5.43 Å². The number of hydrazine groups is 1. The third kappa shape index (κ3) is 4.03. The topological polar surface area (TPSA) is 82.8 Å². The molecule has 3 rings (SSSR count). The predicted molar refractivity (Wildman–Crippen MR) is 92.3 cm³/mol. The van der Waals surface area contributed by atoms with Gasteiger partial charge in [0.15, 0.2) is 0 Å². The number of rotatable bonds is 6. The predicted octanol–water partition coefficient (Wildman–Crippen LogP) is 3.62. The summed E-state index contributed by atoms with van der Waals surface area (Å²) in [6.45, 7) is 0. The molecule has 2 aromatic rings. The number of carboxylic acids is 1. The van der Waals surface area contributed by atoms with Crippen LogP contribution in [0.15, 0.2) is 53.2 Å². The number of nitrogens with one attached hydrogen (secondary N) is 1. The van der Waals surface area contributed by atoms with E-state index in [4.69, 9.17) is 21.1 Å². The number of benzene rings is 1. The summed E-state index contributed by atoms with van der Waals surface area (Å²) in [5.74, 6) is -0.476. The number of hydrogen-bond acceptors (Lipinski definition) is 4. The zero-order valence-electron chi connectivity index (χ0n) is 13.3. The van der Waals surface area contributed by atoms with Crippen molar-refractivity contribution in [3.8, 4) is 0 Å². The van der Waals surface area contributed by atoms with Crippen molar-refractivity contribution in [3.63, 3.8) is 0 Å². The van der Waals surface area contributed by atoms with E-state index in [0.29, 0.717) is 10.8 Å². The monoisotopic (exact) mass is 360 g/mol. The lowest BCUT2D eigenvalue weighted by atomic mass is 10.1. The highest BCUT2D eigenvalue weighted by atomic mass is 35.5. The number of carbonyl (C=O) groups excluding carboxylic acids is 1. The highest BCUT2D eigenvalue weighted by molar-refractivity contribution is 6.30. The van der Waals surface area contributed by atoms with Crippen molar-refractivity contribution in [1.82, 2.24) is 10.4 Å². The van der Waals surface area contributed by atoms with Gasteiger partial charge in [-0.2, -0.15) is 0 Å². The molecular weight excluding hydrogens is 344 g/mol. The maximum Gasteiger partial charge on any atom is 0.303 e. The fourth-order valence-electron chi connectivity index (χ4n) is 2.66. The van der Waals surface area contributed by atoms with Crippen molar-refractivity contribution < 1.29 is 19.1 Å². The Morgan fingerprint density at radius 3 is 2.60 bits per heavy atom. The molecule has 2 N–H and O–H groups in total. The van der Waals surface area contributed by atoms with Gasteiger partial charge in [-0.1, -0.05) is 23.7 Å². The summed E-state index contributed by atoms with van der Waals surface area (Å²) >= 11 is 5.92. The average Bonchev–Trinajstić information content (AvgIpc) is 3.24. The molecule has 1 atom stereocenters. The van der Waals surface area contributed by atoms with Crippen LogP contribution < -0.4 is 5.43 Å². The van der Waals surface area contributed by atoms with E-state index in [1.165, 1.54) is 5.01 Å². The number of nitrogens with zero attached hydrogens (tertiary/aromatic N) is 1. The number of aliphatic carboxylic acids is 1. The zero-order valence-corrected chi connectivity index (χ0v) is 14.1. The SMILES string of the molecule is O=C(O)CCCC(=O)N1NC(c2ccc(Cl)cc2)=C[C@@H]1c1ccco1. The van der Waals surface area contributed by atoms with Crippen molar-refractivity contribution in [2.45, 2.75) is 25.3 Å². The minimum Gasteiger partial charge on any atom is -0.481 e. The maximum atomic E-state index is 12.5. The molecule has 0 bridgehead atoms. The van der Waals surface area contributed by atoms with Crippen LogP contribution in [0.3, 0.4) is 0 Å². The highest BCUT2D eigenvalue weighted by Crippen LogP contribution is 2.32. The third-order valence-electron chi connectivity index (χ3n) is 3.88. The van der Waals surface area contributed by atoms with Crippen LogP contribution in [0.2, 0.25) is 5.02 Å². The van der Waals surface area contributed by atoms with E-state index in [1.54, 1.807) is 30.5 Å². The Morgan fingerprint density at radius 2 is 1.96 bits per heavy atom. The van der Waals surface area contributed by atoms with Gasteiger partial charge in [0.1, 0.15) is 11.8 Å². The number of furan rings is 1. The van der Waals surface area contributed by atoms with Crippen LogP contribution in [0.25, 0.3) is 5.70 Å². The first kappa shape index (κ1) is 17.1. The van der Waals surface area contributed by atoms with Gasteiger partial charge in [0.25, 0.3) is 0 Å². The van der Waals surface area contributed by atoms with Crippen molar-refractivity contribution in [1.29, 1.82) is 0 Å². The fourth-order valence-corrected chi connectivity index (χ4v) is 2.78. The largest absolute Gasteiger partial charge is 0.481 e. The summed E-state index contributed by atoms with van der Waals surface area (Å²) in [6.07, 6.45) is 3.84. The molecule has 0 saturated carbocycles. The molecule has 2 heterocycles. The van der Waals surface area contributed by atoms with Crippen LogP contribution in [0.1, 0.15) is 36.6 Å². The third-order valence-corrected chi connectivity index (χ3v) is 4.14. The Hall–Kier alpha value is -2.73. The number of carbonyl (C=O) groups is 2. The second kappa shape index (κ2) is 7.44. The molecule has 1 amide bonds. The number of carboxylic acid groups (broad SMARTS) is 1. The van der Waals surface area contributed by atoms with E-state index < -0.39 is 12.0 Å². The summed E-state index contributed by atoms with van der Waals surface area (Å²) in [4.78, 5) is 23.2. The van der Waals surface area contributed by atoms with Crippen molar-refractivity contribution in [2.24, 2.45) is 0 Å². The van der Waals surface area contributed by atoms with Crippen molar-refractivity contribution >= 4 is 29.2 Å². The summed E-state index contributed by atoms with van der Waals surface area (Å²) in [6, 6.07) is 10.4. The van der Waals surface area contributed by atoms with Gasteiger partial charge in [0.2, 0.25) is 5.91 Å². The molecule has 7 heteroatoms. The standard InChI is InChI=1S/C18H17ClN2O4/c19-13-8-6-12(7-9-13)14-11-15(16-3-2-10-25-16)21(20-14)17(22)4-1-5-18(23)24/h2-3,6-11,15,20H,1,4-5H2,(H,23,24)/t15-/m1/s1. The molecule has 1 aliphatic heterocycles. The Kier molecular flexibility index (Phi) is 5.09. The first-order chi connectivity index (χ1) is 12.0. The molecule has 0 fully saturated rings. The molecule has 0 unspecified atom stereocenters. The van der Waals surface area contributed by atoms with Gasteiger partial charge in [-0.15, -0.1) is 0 Å². The fraction of sp³-hybridized carbons (Fsp3) is 0.222. The zero-order chi connectivity index (χ0) is 17.8. The molecule has 0 spiro atoms. The number of amides is 1. The van der Waals surface area contributed by atoms with Gasteiger partial charge >= 0.3 is 5.97 Å². The summed E-state index contributed by atoms with van der Waals surface area (Å²) < 4.78 is 5.45.